The molecule has 1 heterocycles. The van der Waals surface area contributed by atoms with E-state index in [0.29, 0.717) is 22.4 Å². The summed E-state index contributed by atoms with van der Waals surface area (Å²) in [6.07, 6.45) is 1.66. The summed E-state index contributed by atoms with van der Waals surface area (Å²) in [6, 6.07) is 14.7. The predicted octanol–water partition coefficient (Wildman–Crippen LogP) is 5.13. The van der Waals surface area contributed by atoms with Crippen molar-refractivity contribution in [1.29, 1.82) is 0 Å². The van der Waals surface area contributed by atoms with E-state index in [1.54, 1.807) is 24.4 Å². The van der Waals surface area contributed by atoms with Crippen LogP contribution in [0.25, 0.3) is 0 Å². The Morgan fingerprint density at radius 3 is 2.40 bits per heavy atom. The molecule has 126 valence electrons. The fourth-order valence-electron chi connectivity index (χ4n) is 2.22. The minimum absolute atomic E-state index is 0.0331. The number of halogens is 1. The molecule has 3 aromatic rings. The average Bonchev–Trinajstić information content (AvgIpc) is 2.59. The van der Waals surface area contributed by atoms with E-state index in [1.165, 1.54) is 6.92 Å². The molecule has 3 rings (SSSR count). The van der Waals surface area contributed by atoms with Crippen LogP contribution in [0.3, 0.4) is 0 Å². The molecule has 0 spiro atoms. The Hall–Kier alpha value is -2.92. The maximum absolute atomic E-state index is 11.3. The number of carbonyl (C=O) groups excluding carboxylic acids is 1. The fourth-order valence-corrected chi connectivity index (χ4v) is 2.40. The Morgan fingerprint density at radius 2 is 1.72 bits per heavy atom. The number of hydrogen-bond acceptors (Lipinski definition) is 5. The van der Waals surface area contributed by atoms with Crippen LogP contribution in [0.5, 0.6) is 0 Å². The molecule has 6 heteroatoms. The molecule has 0 unspecified atom stereocenters. The van der Waals surface area contributed by atoms with E-state index in [2.05, 4.69) is 20.6 Å². The number of nitrogens with one attached hydrogen (secondary N) is 2. The molecule has 0 bridgehead atoms. The summed E-state index contributed by atoms with van der Waals surface area (Å²) in [5, 5.41) is 7.02. The van der Waals surface area contributed by atoms with Crippen LogP contribution in [0.15, 0.2) is 54.7 Å². The average molecular weight is 353 g/mol. The van der Waals surface area contributed by atoms with Gasteiger partial charge in [0.2, 0.25) is 5.95 Å². The first kappa shape index (κ1) is 16.9. The van der Waals surface area contributed by atoms with Crippen molar-refractivity contribution in [2.75, 3.05) is 10.6 Å². The second-order valence-electron chi connectivity index (χ2n) is 5.61. The summed E-state index contributed by atoms with van der Waals surface area (Å²) in [5.41, 5.74) is 3.34. The number of anilines is 4. The Morgan fingerprint density at radius 1 is 1.00 bits per heavy atom. The molecule has 0 aliphatic heterocycles. The summed E-state index contributed by atoms with van der Waals surface area (Å²) < 4.78 is 0. The molecular formula is C19H17ClN4O. The zero-order valence-electron chi connectivity index (χ0n) is 13.9. The monoisotopic (exact) mass is 352 g/mol. The second kappa shape index (κ2) is 7.32. The molecule has 0 saturated carbocycles. The van der Waals surface area contributed by atoms with Crippen molar-refractivity contribution in [2.24, 2.45) is 0 Å². The highest BCUT2D eigenvalue weighted by atomic mass is 35.5. The van der Waals surface area contributed by atoms with Crippen LogP contribution in [0.1, 0.15) is 22.8 Å². The maximum Gasteiger partial charge on any atom is 0.229 e. The standard InChI is InChI=1S/C19H17ClN4O/c1-12-3-6-16(11-17(12)20)22-18-9-10-21-19(24-18)23-15-7-4-14(5-8-15)13(2)25/h3-11H,1-2H3,(H2,21,22,23,24). The van der Waals surface area contributed by atoms with E-state index in [4.69, 9.17) is 11.6 Å². The molecule has 0 aliphatic rings. The lowest BCUT2D eigenvalue weighted by Gasteiger charge is -2.09. The number of ketones is 1. The normalized spacial score (nSPS) is 10.4. The third kappa shape index (κ3) is 4.33. The molecule has 0 saturated heterocycles. The number of aryl methyl sites for hydroxylation is 1. The highest BCUT2D eigenvalue weighted by Gasteiger charge is 2.04. The van der Waals surface area contributed by atoms with Gasteiger partial charge in [-0.3, -0.25) is 4.79 Å². The van der Waals surface area contributed by atoms with Crippen molar-refractivity contribution in [1.82, 2.24) is 9.97 Å². The predicted molar refractivity (Wildman–Crippen MR) is 101 cm³/mol. The van der Waals surface area contributed by atoms with E-state index in [1.807, 2.05) is 37.3 Å². The molecule has 2 N–H and O–H groups in total. The number of aromatic nitrogens is 2. The highest BCUT2D eigenvalue weighted by molar-refractivity contribution is 6.31. The van der Waals surface area contributed by atoms with Gasteiger partial charge in [-0.15, -0.1) is 0 Å². The molecule has 0 amide bonds. The third-order valence-electron chi connectivity index (χ3n) is 3.65. The summed E-state index contributed by atoms with van der Waals surface area (Å²) in [5.74, 6) is 1.14. The molecule has 0 aliphatic carbocycles. The van der Waals surface area contributed by atoms with Crippen molar-refractivity contribution in [2.45, 2.75) is 13.8 Å². The van der Waals surface area contributed by atoms with Gasteiger partial charge in [0, 0.05) is 28.2 Å². The Labute approximate surface area is 151 Å². The lowest BCUT2D eigenvalue weighted by molar-refractivity contribution is 0.101. The van der Waals surface area contributed by atoms with Crippen molar-refractivity contribution in [3.05, 3.63) is 70.9 Å². The van der Waals surface area contributed by atoms with Crippen LogP contribution in [-0.4, -0.2) is 15.8 Å². The van der Waals surface area contributed by atoms with Gasteiger partial charge >= 0.3 is 0 Å². The largest absolute Gasteiger partial charge is 0.340 e. The van der Waals surface area contributed by atoms with Gasteiger partial charge in [-0.1, -0.05) is 17.7 Å². The molecule has 0 radical (unpaired) electrons. The molecule has 0 fully saturated rings. The summed E-state index contributed by atoms with van der Waals surface area (Å²) in [7, 11) is 0. The van der Waals surface area contributed by atoms with E-state index >= 15 is 0 Å². The lowest BCUT2D eigenvalue weighted by atomic mass is 10.1. The summed E-state index contributed by atoms with van der Waals surface area (Å²) in [4.78, 5) is 20.0. The number of nitrogens with zero attached hydrogens (tertiary/aromatic N) is 2. The first-order valence-corrected chi connectivity index (χ1v) is 8.13. The van der Waals surface area contributed by atoms with Gasteiger partial charge in [0.1, 0.15) is 5.82 Å². The van der Waals surface area contributed by atoms with Gasteiger partial charge in [-0.2, -0.15) is 4.98 Å². The topological polar surface area (TPSA) is 66.9 Å². The Bertz CT molecular complexity index is 910. The number of hydrogen-bond donors (Lipinski definition) is 2. The zero-order chi connectivity index (χ0) is 17.8. The lowest BCUT2D eigenvalue weighted by Crippen LogP contribution is -2.01. The summed E-state index contributed by atoms with van der Waals surface area (Å²) >= 11 is 6.14. The van der Waals surface area contributed by atoms with Crippen LogP contribution in [0.4, 0.5) is 23.1 Å². The SMILES string of the molecule is CC(=O)c1ccc(Nc2nccc(Nc3ccc(C)c(Cl)c3)n2)cc1. The first-order chi connectivity index (χ1) is 12.0. The Kier molecular flexibility index (Phi) is 4.95. The van der Waals surface area contributed by atoms with Crippen LogP contribution in [0.2, 0.25) is 5.02 Å². The zero-order valence-corrected chi connectivity index (χ0v) is 14.6. The molecule has 1 aromatic heterocycles. The van der Waals surface area contributed by atoms with Gasteiger partial charge in [-0.05, 0) is 61.9 Å². The van der Waals surface area contributed by atoms with Gasteiger partial charge in [0.05, 0.1) is 0 Å². The second-order valence-corrected chi connectivity index (χ2v) is 6.02. The van der Waals surface area contributed by atoms with E-state index in [9.17, 15) is 4.79 Å². The van der Waals surface area contributed by atoms with Crippen LogP contribution >= 0.6 is 11.6 Å². The van der Waals surface area contributed by atoms with Gasteiger partial charge in [0.15, 0.2) is 5.78 Å². The first-order valence-electron chi connectivity index (χ1n) is 7.75. The maximum atomic E-state index is 11.3. The van der Waals surface area contributed by atoms with Crippen LogP contribution in [0, 0.1) is 6.92 Å². The molecule has 5 nitrogen and oxygen atoms in total. The summed E-state index contributed by atoms with van der Waals surface area (Å²) in [6.45, 7) is 3.49. The van der Waals surface area contributed by atoms with Gasteiger partial charge < -0.3 is 10.6 Å². The van der Waals surface area contributed by atoms with Gasteiger partial charge in [-0.25, -0.2) is 4.98 Å². The molecule has 0 atom stereocenters. The molecule has 25 heavy (non-hydrogen) atoms. The van der Waals surface area contributed by atoms with E-state index in [-0.39, 0.29) is 5.78 Å². The van der Waals surface area contributed by atoms with E-state index in [0.717, 1.165) is 16.9 Å². The number of Topliss-reactive ketones (excluding diaryl/α,β-unsaturated/α-hetero) is 1. The van der Waals surface area contributed by atoms with Crippen molar-refractivity contribution < 1.29 is 4.79 Å². The van der Waals surface area contributed by atoms with E-state index < -0.39 is 0 Å². The third-order valence-corrected chi connectivity index (χ3v) is 4.05. The quantitative estimate of drug-likeness (QED) is 0.623. The van der Waals surface area contributed by atoms with Crippen molar-refractivity contribution in [3.63, 3.8) is 0 Å². The van der Waals surface area contributed by atoms with Crippen molar-refractivity contribution >= 4 is 40.5 Å². The smallest absolute Gasteiger partial charge is 0.229 e. The Balaban J connectivity index is 1.74. The minimum Gasteiger partial charge on any atom is -0.340 e. The highest BCUT2D eigenvalue weighted by Crippen LogP contribution is 2.23. The fraction of sp³-hybridized carbons (Fsp3) is 0.105. The number of rotatable bonds is 5. The molecule has 2 aromatic carbocycles. The van der Waals surface area contributed by atoms with Crippen LogP contribution in [-0.2, 0) is 0 Å². The number of benzene rings is 2. The minimum atomic E-state index is 0.0331. The van der Waals surface area contributed by atoms with Gasteiger partial charge in [0.25, 0.3) is 0 Å². The van der Waals surface area contributed by atoms with Crippen LogP contribution < -0.4 is 10.6 Å². The molecular weight excluding hydrogens is 336 g/mol. The van der Waals surface area contributed by atoms with Crippen molar-refractivity contribution in [3.8, 4) is 0 Å². The number of carbonyl (C=O) groups is 1.